The maximum atomic E-state index is 12.3. The van der Waals surface area contributed by atoms with Gasteiger partial charge in [-0.25, -0.2) is 0 Å². The molecule has 0 spiro atoms. The highest BCUT2D eigenvalue weighted by Gasteiger charge is 2.12. The number of hydrogen-bond donors (Lipinski definition) is 1. The minimum Gasteiger partial charge on any atom is -0.494 e. The molecule has 0 aliphatic rings. The van der Waals surface area contributed by atoms with E-state index in [1.54, 1.807) is 0 Å². The van der Waals surface area contributed by atoms with Crippen molar-refractivity contribution >= 4 is 5.91 Å². The first kappa shape index (κ1) is 19.5. The third-order valence-electron chi connectivity index (χ3n) is 3.62. The zero-order valence-electron chi connectivity index (χ0n) is 15.0. The zero-order valence-corrected chi connectivity index (χ0v) is 15.0. The van der Waals surface area contributed by atoms with Crippen molar-refractivity contribution in [3.05, 3.63) is 29.3 Å². The fraction of sp³-hybridized carbons (Fsp3) is 0.632. The number of nitrogens with one attached hydrogen (secondary N) is 1. The van der Waals surface area contributed by atoms with Gasteiger partial charge in [-0.15, -0.1) is 0 Å². The summed E-state index contributed by atoms with van der Waals surface area (Å²) in [5.74, 6) is 0.756. The van der Waals surface area contributed by atoms with E-state index in [1.807, 2.05) is 32.0 Å². The highest BCUT2D eigenvalue weighted by atomic mass is 16.5. The van der Waals surface area contributed by atoms with Gasteiger partial charge in [0.15, 0.2) is 0 Å². The summed E-state index contributed by atoms with van der Waals surface area (Å²) < 4.78 is 11.3. The molecule has 0 bridgehead atoms. The van der Waals surface area contributed by atoms with Crippen molar-refractivity contribution in [2.45, 2.75) is 66.0 Å². The summed E-state index contributed by atoms with van der Waals surface area (Å²) in [4.78, 5) is 12.3. The summed E-state index contributed by atoms with van der Waals surface area (Å²) >= 11 is 0. The van der Waals surface area contributed by atoms with Crippen LogP contribution in [0.4, 0.5) is 0 Å². The average Bonchev–Trinajstić information content (AvgIpc) is 2.53. The monoisotopic (exact) mass is 321 g/mol. The third kappa shape index (κ3) is 7.04. The summed E-state index contributed by atoms with van der Waals surface area (Å²) in [6, 6.07) is 5.74. The molecule has 0 radical (unpaired) electrons. The lowest BCUT2D eigenvalue weighted by molar-refractivity contribution is 0.0937. The summed E-state index contributed by atoms with van der Waals surface area (Å²) in [6.45, 7) is 10.0. The summed E-state index contributed by atoms with van der Waals surface area (Å²) in [5.41, 5.74) is 1.59. The van der Waals surface area contributed by atoms with Gasteiger partial charge in [-0.1, -0.05) is 26.7 Å². The summed E-state index contributed by atoms with van der Waals surface area (Å²) in [7, 11) is 0. The smallest absolute Gasteiger partial charge is 0.251 e. The first-order chi connectivity index (χ1) is 11.1. The largest absolute Gasteiger partial charge is 0.494 e. The van der Waals surface area contributed by atoms with Crippen LogP contribution in [0.25, 0.3) is 0 Å². The zero-order chi connectivity index (χ0) is 17.1. The van der Waals surface area contributed by atoms with Crippen molar-refractivity contribution in [3.63, 3.8) is 0 Å². The molecule has 0 aliphatic carbocycles. The maximum absolute atomic E-state index is 12.3. The standard InChI is InChI=1S/C19H31NO3/c1-5-8-12-22-14-17-13-16(10-11-18(17)23-7-3)19(21)20-15(4)9-6-2/h10-11,13,15H,5-9,12,14H2,1-4H3,(H,20,21)/t15-/m0/s1. The van der Waals surface area contributed by atoms with Gasteiger partial charge < -0.3 is 14.8 Å². The molecule has 1 N–H and O–H groups in total. The van der Waals surface area contributed by atoms with E-state index in [0.717, 1.165) is 43.6 Å². The molecule has 1 amide bonds. The number of rotatable bonds is 11. The molecule has 0 fully saturated rings. The Morgan fingerprint density at radius 1 is 1.22 bits per heavy atom. The fourth-order valence-corrected chi connectivity index (χ4v) is 2.37. The highest BCUT2D eigenvalue weighted by molar-refractivity contribution is 5.94. The van der Waals surface area contributed by atoms with Crippen LogP contribution >= 0.6 is 0 Å². The predicted octanol–water partition coefficient (Wildman–Crippen LogP) is 4.32. The molecule has 4 heteroatoms. The first-order valence-corrected chi connectivity index (χ1v) is 8.76. The van der Waals surface area contributed by atoms with Crippen LogP contribution in [0.5, 0.6) is 5.75 Å². The van der Waals surface area contributed by atoms with Gasteiger partial charge in [-0.05, 0) is 44.9 Å². The van der Waals surface area contributed by atoms with E-state index >= 15 is 0 Å². The topological polar surface area (TPSA) is 47.6 Å². The molecule has 0 heterocycles. The van der Waals surface area contributed by atoms with E-state index in [1.165, 1.54) is 0 Å². The lowest BCUT2D eigenvalue weighted by Gasteiger charge is -2.15. The van der Waals surface area contributed by atoms with E-state index in [2.05, 4.69) is 19.2 Å². The minimum absolute atomic E-state index is 0.0381. The summed E-state index contributed by atoms with van der Waals surface area (Å²) in [5, 5.41) is 3.03. The van der Waals surface area contributed by atoms with Crippen LogP contribution in [0, 0.1) is 0 Å². The van der Waals surface area contributed by atoms with E-state index < -0.39 is 0 Å². The molecule has 0 aliphatic heterocycles. The molecular weight excluding hydrogens is 290 g/mol. The van der Waals surface area contributed by atoms with Crippen LogP contribution in [-0.4, -0.2) is 25.2 Å². The van der Waals surface area contributed by atoms with Crippen molar-refractivity contribution in [3.8, 4) is 5.75 Å². The average molecular weight is 321 g/mol. The normalized spacial score (nSPS) is 12.0. The highest BCUT2D eigenvalue weighted by Crippen LogP contribution is 2.21. The lowest BCUT2D eigenvalue weighted by atomic mass is 10.1. The van der Waals surface area contributed by atoms with Gasteiger partial charge in [0.25, 0.3) is 5.91 Å². The van der Waals surface area contributed by atoms with E-state index in [4.69, 9.17) is 9.47 Å². The minimum atomic E-state index is -0.0381. The fourth-order valence-electron chi connectivity index (χ4n) is 2.37. The molecular formula is C19H31NO3. The molecule has 1 aromatic rings. The van der Waals surface area contributed by atoms with Gasteiger partial charge in [0.2, 0.25) is 0 Å². The molecule has 0 saturated heterocycles. The predicted molar refractivity (Wildman–Crippen MR) is 94.0 cm³/mol. The quantitative estimate of drug-likeness (QED) is 0.617. The molecule has 1 aromatic carbocycles. The van der Waals surface area contributed by atoms with Crippen LogP contribution in [0.3, 0.4) is 0 Å². The molecule has 1 atom stereocenters. The Labute approximate surface area is 140 Å². The number of unbranched alkanes of at least 4 members (excludes halogenated alkanes) is 1. The van der Waals surface area contributed by atoms with E-state index in [9.17, 15) is 4.79 Å². The third-order valence-corrected chi connectivity index (χ3v) is 3.62. The van der Waals surface area contributed by atoms with E-state index in [-0.39, 0.29) is 11.9 Å². The van der Waals surface area contributed by atoms with Crippen LogP contribution in [0.15, 0.2) is 18.2 Å². The van der Waals surface area contributed by atoms with Gasteiger partial charge >= 0.3 is 0 Å². The maximum Gasteiger partial charge on any atom is 0.251 e. The van der Waals surface area contributed by atoms with Gasteiger partial charge in [0.05, 0.1) is 13.2 Å². The number of ether oxygens (including phenoxy) is 2. The second-order valence-electron chi connectivity index (χ2n) is 5.82. The van der Waals surface area contributed by atoms with Crippen LogP contribution < -0.4 is 10.1 Å². The lowest BCUT2D eigenvalue weighted by Crippen LogP contribution is -2.32. The van der Waals surface area contributed by atoms with Crippen molar-refractivity contribution < 1.29 is 14.3 Å². The number of carbonyl (C=O) groups is 1. The van der Waals surface area contributed by atoms with Gasteiger partial charge in [0, 0.05) is 23.8 Å². The molecule has 0 aromatic heterocycles. The SMILES string of the molecule is CCCCOCc1cc(C(=O)N[C@@H](C)CCC)ccc1OCC. The van der Waals surface area contributed by atoms with Crippen LogP contribution in [0.1, 0.15) is 69.3 Å². The molecule has 0 unspecified atom stereocenters. The van der Waals surface area contributed by atoms with Crippen molar-refractivity contribution in [1.29, 1.82) is 0 Å². The van der Waals surface area contributed by atoms with Gasteiger partial charge in [-0.2, -0.15) is 0 Å². The molecule has 130 valence electrons. The Balaban J connectivity index is 2.78. The van der Waals surface area contributed by atoms with Crippen molar-refractivity contribution in [2.24, 2.45) is 0 Å². The van der Waals surface area contributed by atoms with Crippen molar-refractivity contribution in [1.82, 2.24) is 5.32 Å². The Hall–Kier alpha value is -1.55. The molecule has 1 rings (SSSR count). The van der Waals surface area contributed by atoms with Crippen molar-refractivity contribution in [2.75, 3.05) is 13.2 Å². The van der Waals surface area contributed by atoms with Gasteiger partial charge in [-0.3, -0.25) is 4.79 Å². The molecule has 0 saturated carbocycles. The first-order valence-electron chi connectivity index (χ1n) is 8.76. The Bertz CT molecular complexity index is 474. The molecule has 4 nitrogen and oxygen atoms in total. The van der Waals surface area contributed by atoms with Gasteiger partial charge in [0.1, 0.15) is 5.75 Å². The number of hydrogen-bond acceptors (Lipinski definition) is 3. The Morgan fingerprint density at radius 3 is 2.65 bits per heavy atom. The summed E-state index contributed by atoms with van der Waals surface area (Å²) in [6.07, 6.45) is 4.19. The second kappa shape index (κ2) is 11.1. The van der Waals surface area contributed by atoms with Crippen LogP contribution in [-0.2, 0) is 11.3 Å². The molecule has 23 heavy (non-hydrogen) atoms. The van der Waals surface area contributed by atoms with Crippen LogP contribution in [0.2, 0.25) is 0 Å². The van der Waals surface area contributed by atoms with E-state index in [0.29, 0.717) is 18.8 Å². The second-order valence-corrected chi connectivity index (χ2v) is 5.82. The number of benzene rings is 1. The number of carbonyl (C=O) groups excluding carboxylic acids is 1. The Morgan fingerprint density at radius 2 is 2.00 bits per heavy atom. The Kier molecular flexibility index (Phi) is 9.37. The number of amides is 1.